The summed E-state index contributed by atoms with van der Waals surface area (Å²) in [4.78, 5) is 13.1. The lowest BCUT2D eigenvalue weighted by Gasteiger charge is -2.26. The largest absolute Gasteiger partial charge is 0.335 e. The van der Waals surface area contributed by atoms with Crippen LogP contribution in [0.15, 0.2) is 24.3 Å². The topological polar surface area (TPSA) is 46.3 Å². The summed E-state index contributed by atoms with van der Waals surface area (Å²) in [6.07, 6.45) is 0. The highest BCUT2D eigenvalue weighted by Gasteiger charge is 2.16. The Kier molecular flexibility index (Phi) is 4.43. The summed E-state index contributed by atoms with van der Waals surface area (Å²) in [5, 5.41) is 0. The molecule has 0 aliphatic heterocycles. The Labute approximate surface area is 95.0 Å². The van der Waals surface area contributed by atoms with Gasteiger partial charge < -0.3 is 10.6 Å². The minimum Gasteiger partial charge on any atom is -0.335 e. The first-order chi connectivity index (χ1) is 7.56. The number of carbonyl (C=O) groups is 1. The van der Waals surface area contributed by atoms with Gasteiger partial charge in [-0.05, 0) is 19.9 Å². The summed E-state index contributed by atoms with van der Waals surface area (Å²) in [6.45, 7) is 3.98. The van der Waals surface area contributed by atoms with Crippen LogP contribution in [0.4, 0.5) is 4.39 Å². The second kappa shape index (κ2) is 5.61. The molecule has 0 unspecified atom stereocenters. The number of carbonyl (C=O) groups excluding carboxylic acids is 1. The Morgan fingerprint density at radius 2 is 2.06 bits per heavy atom. The zero-order valence-electron chi connectivity index (χ0n) is 9.61. The third kappa shape index (κ3) is 3.03. The highest BCUT2D eigenvalue weighted by atomic mass is 19.1. The van der Waals surface area contributed by atoms with E-state index in [0.717, 1.165) is 0 Å². The van der Waals surface area contributed by atoms with E-state index in [1.807, 2.05) is 13.8 Å². The molecule has 0 fully saturated rings. The van der Waals surface area contributed by atoms with Crippen molar-refractivity contribution in [1.29, 1.82) is 0 Å². The fourth-order valence-electron chi connectivity index (χ4n) is 1.49. The molecule has 4 heteroatoms. The van der Waals surface area contributed by atoms with Gasteiger partial charge in [0.2, 0.25) is 5.91 Å². The molecule has 0 aliphatic rings. The van der Waals surface area contributed by atoms with Crippen LogP contribution in [0.3, 0.4) is 0 Å². The van der Waals surface area contributed by atoms with Gasteiger partial charge in [-0.15, -0.1) is 0 Å². The van der Waals surface area contributed by atoms with Crippen LogP contribution in [0.5, 0.6) is 0 Å². The maximum absolute atomic E-state index is 13.4. The summed E-state index contributed by atoms with van der Waals surface area (Å²) >= 11 is 0. The molecule has 1 rings (SSSR count). The van der Waals surface area contributed by atoms with Crippen molar-refractivity contribution in [2.24, 2.45) is 5.73 Å². The van der Waals surface area contributed by atoms with Crippen LogP contribution >= 0.6 is 0 Å². The molecule has 1 amide bonds. The van der Waals surface area contributed by atoms with Gasteiger partial charge in [0.15, 0.2) is 0 Å². The Morgan fingerprint density at radius 3 is 2.56 bits per heavy atom. The number of benzene rings is 1. The molecule has 0 aromatic heterocycles. The van der Waals surface area contributed by atoms with E-state index in [9.17, 15) is 9.18 Å². The molecule has 1 aromatic rings. The average molecular weight is 224 g/mol. The van der Waals surface area contributed by atoms with Gasteiger partial charge in [-0.25, -0.2) is 4.39 Å². The van der Waals surface area contributed by atoms with Gasteiger partial charge in [-0.1, -0.05) is 18.2 Å². The first-order valence-electron chi connectivity index (χ1n) is 5.29. The van der Waals surface area contributed by atoms with Gasteiger partial charge in [0.1, 0.15) is 5.82 Å². The molecule has 3 nitrogen and oxygen atoms in total. The normalized spacial score (nSPS) is 10.6. The van der Waals surface area contributed by atoms with Crippen molar-refractivity contribution in [1.82, 2.24) is 4.90 Å². The van der Waals surface area contributed by atoms with Gasteiger partial charge >= 0.3 is 0 Å². The summed E-state index contributed by atoms with van der Waals surface area (Å²) in [5.41, 5.74) is 5.83. The molecule has 1 aromatic carbocycles. The van der Waals surface area contributed by atoms with E-state index < -0.39 is 0 Å². The molecule has 0 atom stereocenters. The van der Waals surface area contributed by atoms with Crippen molar-refractivity contribution in [2.45, 2.75) is 26.4 Å². The first kappa shape index (κ1) is 12.6. The van der Waals surface area contributed by atoms with Crippen molar-refractivity contribution >= 4 is 5.91 Å². The van der Waals surface area contributed by atoms with Gasteiger partial charge in [-0.3, -0.25) is 4.79 Å². The van der Waals surface area contributed by atoms with E-state index in [0.29, 0.717) is 5.56 Å². The lowest BCUT2D eigenvalue weighted by molar-refractivity contribution is -0.132. The number of hydrogen-bond acceptors (Lipinski definition) is 2. The minimum absolute atomic E-state index is 0.00987. The number of hydrogen-bond donors (Lipinski definition) is 1. The zero-order valence-corrected chi connectivity index (χ0v) is 9.61. The van der Waals surface area contributed by atoms with Crippen LogP contribution in [0, 0.1) is 5.82 Å². The molecule has 0 heterocycles. The van der Waals surface area contributed by atoms with E-state index in [-0.39, 0.29) is 30.9 Å². The molecule has 0 spiro atoms. The van der Waals surface area contributed by atoms with Crippen molar-refractivity contribution in [3.8, 4) is 0 Å². The SMILES string of the molecule is CC(C)N(Cc1ccccc1F)C(=O)CN. The second-order valence-electron chi connectivity index (χ2n) is 3.91. The molecule has 2 N–H and O–H groups in total. The van der Waals surface area contributed by atoms with E-state index in [4.69, 9.17) is 5.73 Å². The van der Waals surface area contributed by atoms with E-state index in [1.165, 1.54) is 6.07 Å². The van der Waals surface area contributed by atoms with Crippen LogP contribution in [-0.4, -0.2) is 23.4 Å². The van der Waals surface area contributed by atoms with Crippen molar-refractivity contribution < 1.29 is 9.18 Å². The molecule has 0 bridgehead atoms. The maximum atomic E-state index is 13.4. The molecule has 0 saturated heterocycles. The summed E-state index contributed by atoms with van der Waals surface area (Å²) < 4.78 is 13.4. The molecule has 0 radical (unpaired) electrons. The maximum Gasteiger partial charge on any atom is 0.236 e. The van der Waals surface area contributed by atoms with E-state index in [2.05, 4.69) is 0 Å². The summed E-state index contributed by atoms with van der Waals surface area (Å²) in [6, 6.07) is 6.46. The molecular weight excluding hydrogens is 207 g/mol. The predicted octanol–water partition coefficient (Wildman–Crippen LogP) is 1.52. The first-order valence-corrected chi connectivity index (χ1v) is 5.29. The number of nitrogens with zero attached hydrogens (tertiary/aromatic N) is 1. The fraction of sp³-hybridized carbons (Fsp3) is 0.417. The van der Waals surface area contributed by atoms with Crippen molar-refractivity contribution in [2.75, 3.05) is 6.54 Å². The highest BCUT2D eigenvalue weighted by molar-refractivity contribution is 5.78. The van der Waals surface area contributed by atoms with Crippen LogP contribution in [-0.2, 0) is 11.3 Å². The van der Waals surface area contributed by atoms with Crippen LogP contribution < -0.4 is 5.73 Å². The van der Waals surface area contributed by atoms with Gasteiger partial charge in [0.25, 0.3) is 0 Å². The van der Waals surface area contributed by atoms with E-state index in [1.54, 1.807) is 23.1 Å². The molecule has 0 aliphatic carbocycles. The standard InChI is InChI=1S/C12H17FN2O/c1-9(2)15(12(16)7-14)8-10-5-3-4-6-11(10)13/h3-6,9H,7-8,14H2,1-2H3. The lowest BCUT2D eigenvalue weighted by atomic mass is 10.1. The van der Waals surface area contributed by atoms with Gasteiger partial charge in [-0.2, -0.15) is 0 Å². The minimum atomic E-state index is -0.294. The Bertz CT molecular complexity index is 366. The van der Waals surface area contributed by atoms with Crippen LogP contribution in [0.1, 0.15) is 19.4 Å². The average Bonchev–Trinajstić information content (AvgIpc) is 2.26. The second-order valence-corrected chi connectivity index (χ2v) is 3.91. The Balaban J connectivity index is 2.84. The number of amides is 1. The summed E-state index contributed by atoms with van der Waals surface area (Å²) in [5.74, 6) is -0.462. The molecule has 88 valence electrons. The molecule has 16 heavy (non-hydrogen) atoms. The van der Waals surface area contributed by atoms with Crippen molar-refractivity contribution in [3.05, 3.63) is 35.6 Å². The monoisotopic (exact) mass is 224 g/mol. The fourth-order valence-corrected chi connectivity index (χ4v) is 1.49. The van der Waals surface area contributed by atoms with Gasteiger partial charge in [0, 0.05) is 18.2 Å². The number of halogens is 1. The smallest absolute Gasteiger partial charge is 0.236 e. The van der Waals surface area contributed by atoms with Crippen LogP contribution in [0.2, 0.25) is 0 Å². The zero-order chi connectivity index (χ0) is 12.1. The van der Waals surface area contributed by atoms with Crippen LogP contribution in [0.25, 0.3) is 0 Å². The summed E-state index contributed by atoms with van der Waals surface area (Å²) in [7, 11) is 0. The highest BCUT2D eigenvalue weighted by Crippen LogP contribution is 2.12. The number of rotatable bonds is 4. The lowest BCUT2D eigenvalue weighted by Crippen LogP contribution is -2.40. The third-order valence-electron chi connectivity index (χ3n) is 2.42. The quantitative estimate of drug-likeness (QED) is 0.842. The molecular formula is C12H17FN2O. The Hall–Kier alpha value is -1.42. The van der Waals surface area contributed by atoms with E-state index >= 15 is 0 Å². The predicted molar refractivity (Wildman–Crippen MR) is 61.1 cm³/mol. The third-order valence-corrected chi connectivity index (χ3v) is 2.42. The van der Waals surface area contributed by atoms with Crippen molar-refractivity contribution in [3.63, 3.8) is 0 Å². The molecule has 0 saturated carbocycles. The number of nitrogens with two attached hydrogens (primary N) is 1. The van der Waals surface area contributed by atoms with Gasteiger partial charge in [0.05, 0.1) is 6.54 Å². The Morgan fingerprint density at radius 1 is 1.44 bits per heavy atom.